The van der Waals surface area contributed by atoms with Gasteiger partial charge < -0.3 is 51.1 Å². The minimum atomic E-state index is 0.0263. The number of piperidine rings is 5. The summed E-state index contributed by atoms with van der Waals surface area (Å²) in [5, 5.41) is 98.4. The van der Waals surface area contributed by atoms with E-state index in [4.69, 9.17) is 0 Å². The standard InChI is InChI=1S/5C16H23NO2/c5*1-2-7-17-8-3-4-12-9-13-11(10-14(12)17)5-6-15(18)16(13)19/h5*5-6,12,14,18-19H,2-4,7-10H2,1H3/t2*12-,14?;2*12-,14+;12-,14-/m10101/s1. The molecular weight excluding hydrogens is 1190 g/mol. The zero-order chi connectivity index (χ0) is 67.0. The van der Waals surface area contributed by atoms with Gasteiger partial charge in [0.1, 0.15) is 0 Å². The Balaban J connectivity index is 0.000000121. The summed E-state index contributed by atoms with van der Waals surface area (Å²) in [6.45, 7) is 23.2. The molecule has 0 radical (unpaired) electrons. The summed E-state index contributed by atoms with van der Waals surface area (Å²) in [7, 11) is 0. The fraction of sp³-hybridized carbons (Fsp3) is 0.625. The Bertz CT molecular complexity index is 2860. The lowest BCUT2D eigenvalue weighted by Crippen LogP contribution is -2.49. The molecular formula is C80H115N5O10. The minimum Gasteiger partial charge on any atom is -0.504 e. The van der Waals surface area contributed by atoms with Gasteiger partial charge in [0.25, 0.3) is 0 Å². The molecule has 15 nitrogen and oxygen atoms in total. The molecule has 5 aromatic rings. The SMILES string of the molecule is CCCN1CCC[C@@H]2Cc3c(ccc(O)c3O)CC21.CCCN1CCC[C@@H]2Cc3c(ccc(O)c3O)C[C@@H]21.CCCN1CCC[C@@H]2Cc3c(ccc(O)c3O)C[C@H]21.CCCN1CCC[C@H]2Cc3c(ccc(O)c3O)CC21.CCCN1CCC[C@H]2Cc3c(ccc(O)c3O)C[C@H]21. The molecule has 0 spiro atoms. The van der Waals surface area contributed by atoms with Crippen LogP contribution >= 0.6 is 0 Å². The molecule has 0 bridgehead atoms. The van der Waals surface area contributed by atoms with Gasteiger partial charge in [0.2, 0.25) is 0 Å². The molecule has 5 fully saturated rings. The molecule has 0 aromatic heterocycles. The molecule has 5 heterocycles. The molecule has 520 valence electrons. The van der Waals surface area contributed by atoms with Crippen molar-refractivity contribution in [3.8, 4) is 57.5 Å². The monoisotopic (exact) mass is 1310 g/mol. The highest BCUT2D eigenvalue weighted by Gasteiger charge is 2.42. The maximum absolute atomic E-state index is 10.0. The summed E-state index contributed by atoms with van der Waals surface area (Å²) < 4.78 is 0. The van der Waals surface area contributed by atoms with Gasteiger partial charge in [-0.3, -0.25) is 24.5 Å². The summed E-state index contributed by atoms with van der Waals surface area (Å²) in [5.41, 5.74) is 11.0. The lowest BCUT2D eigenvalue weighted by Gasteiger charge is -2.44. The van der Waals surface area contributed by atoms with Gasteiger partial charge in [0.05, 0.1) is 0 Å². The fourth-order valence-corrected chi connectivity index (χ4v) is 19.4. The molecule has 0 saturated carbocycles. The van der Waals surface area contributed by atoms with Crippen molar-refractivity contribution >= 4 is 0 Å². The zero-order valence-corrected chi connectivity index (χ0v) is 58.0. The molecule has 10 aliphatic rings. The Kier molecular flexibility index (Phi) is 23.7. The highest BCUT2D eigenvalue weighted by Crippen LogP contribution is 2.47. The van der Waals surface area contributed by atoms with E-state index in [0.29, 0.717) is 59.8 Å². The lowest BCUT2D eigenvalue weighted by molar-refractivity contribution is 0.0848. The van der Waals surface area contributed by atoms with Crippen LogP contribution in [-0.4, -0.2) is 171 Å². The Morgan fingerprint density at radius 2 is 0.421 bits per heavy atom. The third-order valence-electron chi connectivity index (χ3n) is 24.0. The average molecular weight is 1310 g/mol. The minimum absolute atomic E-state index is 0.0263. The van der Waals surface area contributed by atoms with Crippen molar-refractivity contribution < 1.29 is 51.1 Å². The van der Waals surface area contributed by atoms with Crippen molar-refractivity contribution in [3.05, 3.63) is 116 Å². The molecule has 2 unspecified atom stereocenters. The molecule has 5 aromatic carbocycles. The maximum Gasteiger partial charge on any atom is 0.160 e. The van der Waals surface area contributed by atoms with E-state index < -0.39 is 0 Å². The van der Waals surface area contributed by atoms with E-state index in [9.17, 15) is 51.1 Å². The van der Waals surface area contributed by atoms with Crippen molar-refractivity contribution in [2.24, 2.45) is 29.6 Å². The number of aromatic hydroxyl groups is 10. The highest BCUT2D eigenvalue weighted by atomic mass is 16.3. The Morgan fingerprint density at radius 3 is 0.579 bits per heavy atom. The summed E-state index contributed by atoms with van der Waals surface area (Å²) in [6.07, 6.45) is 28.3. The van der Waals surface area contributed by atoms with Crippen molar-refractivity contribution in [3.63, 3.8) is 0 Å². The maximum atomic E-state index is 10.0. The first-order valence-corrected chi connectivity index (χ1v) is 37.4. The number of hydrogen-bond acceptors (Lipinski definition) is 15. The number of phenolic OH excluding ortho intramolecular Hbond substituents is 10. The molecule has 5 saturated heterocycles. The normalized spacial score (nSPS) is 26.8. The number of hydrogen-bond donors (Lipinski definition) is 10. The zero-order valence-electron chi connectivity index (χ0n) is 58.0. The van der Waals surface area contributed by atoms with Crippen LogP contribution in [0.5, 0.6) is 57.5 Å². The second kappa shape index (κ2) is 32.1. The van der Waals surface area contributed by atoms with Gasteiger partial charge in [-0.1, -0.05) is 65.0 Å². The molecule has 15 rings (SSSR count). The average Bonchev–Trinajstić information content (AvgIpc) is 0.853. The Morgan fingerprint density at radius 1 is 0.253 bits per heavy atom. The van der Waals surface area contributed by atoms with Crippen LogP contribution in [0.25, 0.3) is 0 Å². The molecule has 10 atom stereocenters. The second-order valence-corrected chi connectivity index (χ2v) is 29.9. The number of likely N-dealkylation sites (tertiary alicyclic amines) is 5. The van der Waals surface area contributed by atoms with Crippen LogP contribution in [0.15, 0.2) is 60.7 Å². The topological polar surface area (TPSA) is 218 Å². The summed E-state index contributed by atoms with van der Waals surface area (Å²) >= 11 is 0. The van der Waals surface area contributed by atoms with Crippen LogP contribution in [0.2, 0.25) is 0 Å². The van der Waals surface area contributed by atoms with Crippen LogP contribution in [0.4, 0.5) is 0 Å². The first kappa shape index (κ1) is 70.2. The number of rotatable bonds is 10. The van der Waals surface area contributed by atoms with Gasteiger partial charge >= 0.3 is 0 Å². The van der Waals surface area contributed by atoms with E-state index in [-0.39, 0.29) is 57.5 Å². The van der Waals surface area contributed by atoms with E-state index in [0.717, 1.165) is 92.0 Å². The Labute approximate surface area is 567 Å². The van der Waals surface area contributed by atoms with E-state index in [1.165, 1.54) is 190 Å². The van der Waals surface area contributed by atoms with Gasteiger partial charge in [-0.25, -0.2) is 0 Å². The first-order chi connectivity index (χ1) is 46.0. The molecule has 95 heavy (non-hydrogen) atoms. The smallest absolute Gasteiger partial charge is 0.160 e. The number of fused-ring (bicyclic) bond motifs is 10. The number of phenols is 10. The number of nitrogens with zero attached hydrogens (tertiary/aromatic N) is 5. The van der Waals surface area contributed by atoms with Crippen LogP contribution in [0, 0.1) is 29.6 Å². The van der Waals surface area contributed by atoms with Crippen molar-refractivity contribution in [1.82, 2.24) is 24.5 Å². The van der Waals surface area contributed by atoms with Crippen molar-refractivity contribution in [2.45, 2.75) is 225 Å². The van der Waals surface area contributed by atoms with Gasteiger partial charge in [0, 0.05) is 58.0 Å². The quantitative estimate of drug-likeness (QED) is 0.0588. The van der Waals surface area contributed by atoms with Crippen LogP contribution < -0.4 is 0 Å². The van der Waals surface area contributed by atoms with E-state index >= 15 is 0 Å². The predicted octanol–water partition coefficient (Wildman–Crippen LogP) is 13.4. The summed E-state index contributed by atoms with van der Waals surface area (Å²) in [4.78, 5) is 13.1. The van der Waals surface area contributed by atoms with E-state index in [1.807, 2.05) is 30.3 Å². The van der Waals surface area contributed by atoms with Crippen LogP contribution in [-0.2, 0) is 64.2 Å². The van der Waals surface area contributed by atoms with Crippen LogP contribution in [0.1, 0.15) is 187 Å². The molecule has 10 N–H and O–H groups in total. The van der Waals surface area contributed by atoms with Gasteiger partial charge in [-0.2, -0.15) is 0 Å². The first-order valence-electron chi connectivity index (χ1n) is 37.4. The summed E-state index contributed by atoms with van der Waals surface area (Å²) in [6, 6.07) is 21.2. The van der Waals surface area contributed by atoms with Crippen LogP contribution in [0.3, 0.4) is 0 Å². The number of benzene rings is 5. The lowest BCUT2D eigenvalue weighted by atomic mass is 9.75. The highest BCUT2D eigenvalue weighted by molar-refractivity contribution is 5.54. The third kappa shape index (κ3) is 15.6. The Hall–Kier alpha value is -6.10. The van der Waals surface area contributed by atoms with Gasteiger partial charge in [-0.05, 0) is 314 Å². The van der Waals surface area contributed by atoms with Gasteiger partial charge in [-0.15, -0.1) is 0 Å². The molecule has 5 aliphatic carbocycles. The van der Waals surface area contributed by atoms with E-state index in [2.05, 4.69) is 59.1 Å². The molecule has 5 aliphatic heterocycles. The third-order valence-corrected chi connectivity index (χ3v) is 24.0. The largest absolute Gasteiger partial charge is 0.504 e. The molecule has 0 amide bonds. The van der Waals surface area contributed by atoms with Crippen molar-refractivity contribution in [2.75, 3.05) is 65.4 Å². The van der Waals surface area contributed by atoms with Gasteiger partial charge in [0.15, 0.2) is 57.5 Å². The molecule has 15 heteroatoms. The van der Waals surface area contributed by atoms with E-state index in [1.54, 1.807) is 30.3 Å². The second-order valence-electron chi connectivity index (χ2n) is 29.9. The predicted molar refractivity (Wildman–Crippen MR) is 378 cm³/mol. The fourth-order valence-electron chi connectivity index (χ4n) is 19.4. The summed E-state index contributed by atoms with van der Waals surface area (Å²) in [5.74, 6) is 3.90. The van der Waals surface area contributed by atoms with Crippen molar-refractivity contribution in [1.29, 1.82) is 0 Å².